The Labute approximate surface area is 92.6 Å². The molecule has 2 nitrogen and oxygen atoms in total. The van der Waals surface area contributed by atoms with Gasteiger partial charge in [-0.15, -0.1) is 0 Å². The molecule has 0 atom stereocenters. The summed E-state index contributed by atoms with van der Waals surface area (Å²) in [5, 5.41) is 0. The molecule has 0 aliphatic heterocycles. The van der Waals surface area contributed by atoms with E-state index in [1.807, 2.05) is 0 Å². The molecule has 0 unspecified atom stereocenters. The fraction of sp³-hybridized carbons (Fsp3) is 1.00. The van der Waals surface area contributed by atoms with Crippen molar-refractivity contribution in [3.8, 4) is 0 Å². The average molecular weight is 209 g/mol. The lowest BCUT2D eigenvalue weighted by Crippen LogP contribution is -2.62. The topological polar surface area (TPSA) is 35.2 Å². The third-order valence-electron chi connectivity index (χ3n) is 5.25. The maximum Gasteiger partial charge on any atom is 0.0860 e. The van der Waals surface area contributed by atoms with Crippen molar-refractivity contribution in [1.82, 2.24) is 0 Å². The van der Waals surface area contributed by atoms with E-state index in [-0.39, 0.29) is 5.60 Å². The van der Waals surface area contributed by atoms with E-state index in [0.29, 0.717) is 0 Å². The lowest BCUT2D eigenvalue weighted by atomic mass is 9.49. The predicted molar refractivity (Wildman–Crippen MR) is 60.5 cm³/mol. The fourth-order valence-electron chi connectivity index (χ4n) is 4.88. The Morgan fingerprint density at radius 1 is 1.07 bits per heavy atom. The van der Waals surface area contributed by atoms with Crippen molar-refractivity contribution in [3.05, 3.63) is 0 Å². The van der Waals surface area contributed by atoms with Gasteiger partial charge < -0.3 is 10.5 Å². The van der Waals surface area contributed by atoms with Crippen LogP contribution in [0.15, 0.2) is 0 Å². The van der Waals surface area contributed by atoms with Crippen LogP contribution in [-0.4, -0.2) is 18.8 Å². The summed E-state index contributed by atoms with van der Waals surface area (Å²) in [4.78, 5) is 0. The fourth-order valence-corrected chi connectivity index (χ4v) is 4.88. The smallest absolute Gasteiger partial charge is 0.0860 e. The van der Waals surface area contributed by atoms with Gasteiger partial charge in [0.15, 0.2) is 0 Å². The Morgan fingerprint density at radius 3 is 2.00 bits per heavy atom. The van der Waals surface area contributed by atoms with Gasteiger partial charge in [-0.1, -0.05) is 0 Å². The first kappa shape index (κ1) is 10.1. The summed E-state index contributed by atoms with van der Waals surface area (Å²) < 4.78 is 6.13. The van der Waals surface area contributed by atoms with Crippen LogP contribution in [0.3, 0.4) is 0 Å². The highest BCUT2D eigenvalue weighted by Gasteiger charge is 2.57. The van der Waals surface area contributed by atoms with Crippen LogP contribution in [0.1, 0.15) is 39.0 Å². The van der Waals surface area contributed by atoms with Crippen LogP contribution in [0, 0.1) is 23.7 Å². The minimum absolute atomic E-state index is 0.0716. The van der Waals surface area contributed by atoms with Gasteiger partial charge in [0.05, 0.1) is 5.60 Å². The van der Waals surface area contributed by atoms with E-state index in [1.54, 1.807) is 0 Å². The van der Waals surface area contributed by atoms with Crippen molar-refractivity contribution in [3.63, 3.8) is 0 Å². The molecular weight excluding hydrogens is 186 g/mol. The molecule has 15 heavy (non-hydrogen) atoms. The van der Waals surface area contributed by atoms with Gasteiger partial charge >= 0.3 is 0 Å². The maximum absolute atomic E-state index is 6.13. The minimum atomic E-state index is 0.0716. The van der Waals surface area contributed by atoms with E-state index >= 15 is 0 Å². The molecule has 0 radical (unpaired) electrons. The summed E-state index contributed by atoms with van der Waals surface area (Å²) in [5.74, 6) is 3.57. The highest BCUT2D eigenvalue weighted by atomic mass is 16.5. The van der Waals surface area contributed by atoms with Crippen molar-refractivity contribution in [1.29, 1.82) is 0 Å². The van der Waals surface area contributed by atoms with Crippen molar-refractivity contribution in [2.24, 2.45) is 29.4 Å². The van der Waals surface area contributed by atoms with Gasteiger partial charge in [-0.2, -0.15) is 0 Å². The molecular formula is C13H23NO. The summed E-state index contributed by atoms with van der Waals surface area (Å²) >= 11 is 0. The predicted octanol–water partition coefficient (Wildman–Crippen LogP) is 2.18. The molecule has 0 aromatic carbocycles. The van der Waals surface area contributed by atoms with E-state index in [0.717, 1.165) is 36.8 Å². The van der Waals surface area contributed by atoms with E-state index < -0.39 is 0 Å². The van der Waals surface area contributed by atoms with Gasteiger partial charge in [0.25, 0.3) is 0 Å². The van der Waals surface area contributed by atoms with Gasteiger partial charge in [-0.05, 0) is 62.7 Å². The summed E-state index contributed by atoms with van der Waals surface area (Å²) in [6.07, 6.45) is 7.07. The number of rotatable bonds is 3. The van der Waals surface area contributed by atoms with Gasteiger partial charge in [-0.25, -0.2) is 0 Å². The molecule has 0 amide bonds. The number of ether oxygens (including phenoxy) is 1. The van der Waals surface area contributed by atoms with Crippen molar-refractivity contribution >= 4 is 0 Å². The SMILES string of the molecule is CCOC1(CN)C2CC3CC(C2)CC1C3. The van der Waals surface area contributed by atoms with Crippen LogP contribution in [0.5, 0.6) is 0 Å². The van der Waals surface area contributed by atoms with E-state index in [2.05, 4.69) is 6.92 Å². The monoisotopic (exact) mass is 209 g/mol. The Kier molecular flexibility index (Phi) is 2.33. The molecule has 4 fully saturated rings. The standard InChI is InChI=1S/C13H23NO/c1-2-15-13(8-14)11-4-9-3-10(6-11)7-12(13)5-9/h9-12H,2-8,14H2,1H3. The van der Waals surface area contributed by atoms with Gasteiger partial charge in [0.1, 0.15) is 0 Å². The van der Waals surface area contributed by atoms with Crippen LogP contribution in [0.25, 0.3) is 0 Å². The van der Waals surface area contributed by atoms with Crippen molar-refractivity contribution < 1.29 is 4.74 Å². The first-order chi connectivity index (χ1) is 7.28. The summed E-state index contributed by atoms with van der Waals surface area (Å²) in [5.41, 5.74) is 6.12. The van der Waals surface area contributed by atoms with Crippen LogP contribution in [0.4, 0.5) is 0 Å². The lowest BCUT2D eigenvalue weighted by Gasteiger charge is -2.60. The summed E-state index contributed by atoms with van der Waals surface area (Å²) in [6, 6.07) is 0. The molecule has 86 valence electrons. The molecule has 0 heterocycles. The molecule has 4 saturated carbocycles. The summed E-state index contributed by atoms with van der Waals surface area (Å²) in [7, 11) is 0. The van der Waals surface area contributed by atoms with Crippen LogP contribution in [0.2, 0.25) is 0 Å². The van der Waals surface area contributed by atoms with E-state index in [9.17, 15) is 0 Å². The average Bonchev–Trinajstić information content (AvgIpc) is 2.23. The quantitative estimate of drug-likeness (QED) is 0.773. The summed E-state index contributed by atoms with van der Waals surface area (Å²) in [6.45, 7) is 3.69. The van der Waals surface area contributed by atoms with Crippen LogP contribution < -0.4 is 5.73 Å². The van der Waals surface area contributed by atoms with Crippen molar-refractivity contribution in [2.45, 2.75) is 44.6 Å². The molecule has 4 rings (SSSR count). The third kappa shape index (κ3) is 1.31. The zero-order chi connectivity index (χ0) is 10.5. The Bertz CT molecular complexity index is 223. The molecule has 0 spiro atoms. The Morgan fingerprint density at radius 2 is 1.60 bits per heavy atom. The molecule has 0 saturated heterocycles. The normalized spacial score (nSPS) is 52.4. The molecule has 4 aliphatic carbocycles. The third-order valence-corrected chi connectivity index (χ3v) is 5.25. The largest absolute Gasteiger partial charge is 0.373 e. The Hall–Kier alpha value is -0.0800. The second kappa shape index (κ2) is 3.46. The van der Waals surface area contributed by atoms with Gasteiger partial charge in [0, 0.05) is 13.2 Å². The highest BCUT2D eigenvalue weighted by molar-refractivity contribution is 5.08. The highest BCUT2D eigenvalue weighted by Crippen LogP contribution is 2.59. The molecule has 0 aromatic rings. The van der Waals surface area contributed by atoms with Crippen molar-refractivity contribution in [2.75, 3.05) is 13.2 Å². The maximum atomic E-state index is 6.13. The Balaban J connectivity index is 1.89. The zero-order valence-corrected chi connectivity index (χ0v) is 9.74. The lowest BCUT2D eigenvalue weighted by molar-refractivity contribution is -0.196. The molecule has 2 heteroatoms. The molecule has 4 bridgehead atoms. The second-order valence-corrected chi connectivity index (χ2v) is 5.90. The van der Waals surface area contributed by atoms with Crippen LogP contribution in [-0.2, 0) is 4.74 Å². The van der Waals surface area contributed by atoms with Crippen LogP contribution >= 0.6 is 0 Å². The van der Waals surface area contributed by atoms with E-state index in [4.69, 9.17) is 10.5 Å². The second-order valence-electron chi connectivity index (χ2n) is 5.90. The molecule has 4 aliphatic rings. The van der Waals surface area contributed by atoms with Gasteiger partial charge in [0.2, 0.25) is 0 Å². The van der Waals surface area contributed by atoms with Gasteiger partial charge in [-0.3, -0.25) is 0 Å². The number of hydrogen-bond acceptors (Lipinski definition) is 2. The number of hydrogen-bond donors (Lipinski definition) is 1. The first-order valence-corrected chi connectivity index (χ1v) is 6.62. The minimum Gasteiger partial charge on any atom is -0.373 e. The first-order valence-electron chi connectivity index (χ1n) is 6.62. The molecule has 0 aromatic heterocycles. The number of nitrogens with two attached hydrogens (primary N) is 1. The zero-order valence-electron chi connectivity index (χ0n) is 9.74. The molecule has 2 N–H and O–H groups in total. The van der Waals surface area contributed by atoms with E-state index in [1.165, 1.54) is 32.1 Å².